The summed E-state index contributed by atoms with van der Waals surface area (Å²) >= 11 is 7.38. The van der Waals surface area contributed by atoms with Crippen molar-refractivity contribution in [2.24, 2.45) is 0 Å². The first-order valence-electron chi connectivity index (χ1n) is 5.75. The predicted octanol–water partition coefficient (Wildman–Crippen LogP) is 3.91. The van der Waals surface area contributed by atoms with E-state index in [1.807, 2.05) is 18.2 Å². The number of nitro benzene ring substituents is 1. The average Bonchev–Trinajstić information content (AvgIpc) is 2.77. The van der Waals surface area contributed by atoms with Gasteiger partial charge in [0.15, 0.2) is 0 Å². The number of nitrogens with one attached hydrogen (secondary N) is 1. The number of benzene rings is 1. The van der Waals surface area contributed by atoms with Crippen molar-refractivity contribution in [3.05, 3.63) is 60.8 Å². The number of nitro groups is 1. The zero-order valence-electron chi connectivity index (χ0n) is 10.4. The third kappa shape index (κ3) is 3.53. The van der Waals surface area contributed by atoms with Crippen molar-refractivity contribution in [1.82, 2.24) is 5.32 Å². The molecule has 2 rings (SSSR count). The maximum Gasteiger partial charge on any atom is 0.272 e. The summed E-state index contributed by atoms with van der Waals surface area (Å²) in [6, 6.07) is 8.97. The first-order chi connectivity index (χ1) is 9.08. The van der Waals surface area contributed by atoms with Crippen LogP contribution in [0.5, 0.6) is 0 Å². The van der Waals surface area contributed by atoms with Crippen LogP contribution >= 0.6 is 22.9 Å². The second-order valence-corrected chi connectivity index (χ2v) is 5.93. The Balaban J connectivity index is 2.00. The molecule has 1 heterocycles. The SMILES string of the molecule is Cc1c(CNCc2ccc(Cl)s2)cccc1[N+](=O)[O-]. The molecule has 0 aliphatic heterocycles. The molecule has 100 valence electrons. The first-order valence-corrected chi connectivity index (χ1v) is 6.95. The van der Waals surface area contributed by atoms with E-state index in [1.54, 1.807) is 13.0 Å². The topological polar surface area (TPSA) is 55.2 Å². The summed E-state index contributed by atoms with van der Waals surface area (Å²) in [4.78, 5) is 11.6. The third-order valence-corrected chi connectivity index (χ3v) is 4.09. The van der Waals surface area contributed by atoms with Crippen LogP contribution < -0.4 is 5.32 Å². The molecule has 0 amide bonds. The van der Waals surface area contributed by atoms with Crippen LogP contribution in [0.3, 0.4) is 0 Å². The van der Waals surface area contributed by atoms with Gasteiger partial charge in [0.05, 0.1) is 9.26 Å². The molecule has 0 unspecified atom stereocenters. The Bertz CT molecular complexity index is 598. The number of halogens is 1. The Morgan fingerprint density at radius 2 is 2.11 bits per heavy atom. The number of hydrogen-bond acceptors (Lipinski definition) is 4. The van der Waals surface area contributed by atoms with Crippen LogP contribution in [0, 0.1) is 17.0 Å². The molecular weight excluding hydrogens is 284 g/mol. The molecule has 0 aliphatic carbocycles. The third-order valence-electron chi connectivity index (χ3n) is 2.86. The summed E-state index contributed by atoms with van der Waals surface area (Å²) in [5, 5.41) is 14.1. The van der Waals surface area contributed by atoms with Crippen molar-refractivity contribution < 1.29 is 4.92 Å². The second-order valence-electron chi connectivity index (χ2n) is 4.13. The summed E-state index contributed by atoms with van der Waals surface area (Å²) in [6.45, 7) is 3.08. The molecule has 19 heavy (non-hydrogen) atoms. The summed E-state index contributed by atoms with van der Waals surface area (Å²) in [6.07, 6.45) is 0. The Labute approximate surface area is 120 Å². The van der Waals surface area contributed by atoms with Crippen LogP contribution in [0.2, 0.25) is 4.34 Å². The lowest BCUT2D eigenvalue weighted by Gasteiger charge is -2.07. The Morgan fingerprint density at radius 3 is 2.74 bits per heavy atom. The maximum absolute atomic E-state index is 10.8. The van der Waals surface area contributed by atoms with Crippen molar-refractivity contribution >= 4 is 28.6 Å². The Hall–Kier alpha value is -1.43. The van der Waals surface area contributed by atoms with Gasteiger partial charge in [-0.1, -0.05) is 23.7 Å². The van der Waals surface area contributed by atoms with E-state index in [4.69, 9.17) is 11.6 Å². The molecule has 0 fully saturated rings. The summed E-state index contributed by atoms with van der Waals surface area (Å²) in [5.74, 6) is 0. The van der Waals surface area contributed by atoms with Crippen LogP contribution in [0.1, 0.15) is 16.0 Å². The highest BCUT2D eigenvalue weighted by atomic mass is 35.5. The van der Waals surface area contributed by atoms with E-state index in [2.05, 4.69) is 5.32 Å². The van der Waals surface area contributed by atoms with E-state index in [-0.39, 0.29) is 10.6 Å². The van der Waals surface area contributed by atoms with Gasteiger partial charge in [-0.3, -0.25) is 10.1 Å². The summed E-state index contributed by atoms with van der Waals surface area (Å²) < 4.78 is 0.767. The van der Waals surface area contributed by atoms with Gasteiger partial charge < -0.3 is 5.32 Å². The molecular formula is C13H13ClN2O2S. The lowest BCUT2D eigenvalue weighted by molar-refractivity contribution is -0.385. The van der Waals surface area contributed by atoms with E-state index in [0.717, 1.165) is 14.8 Å². The first kappa shape index (κ1) is 14.0. The Morgan fingerprint density at radius 1 is 1.32 bits per heavy atom. The van der Waals surface area contributed by atoms with Gasteiger partial charge in [0.25, 0.3) is 5.69 Å². The lowest BCUT2D eigenvalue weighted by atomic mass is 10.1. The maximum atomic E-state index is 10.8. The second kappa shape index (κ2) is 6.14. The predicted molar refractivity (Wildman–Crippen MR) is 77.7 cm³/mol. The molecule has 0 aliphatic rings. The molecule has 0 atom stereocenters. The number of rotatable bonds is 5. The highest BCUT2D eigenvalue weighted by Crippen LogP contribution is 2.22. The van der Waals surface area contributed by atoms with Crippen LogP contribution in [0.25, 0.3) is 0 Å². The molecule has 0 radical (unpaired) electrons. The molecule has 0 saturated carbocycles. The van der Waals surface area contributed by atoms with E-state index >= 15 is 0 Å². The summed E-state index contributed by atoms with van der Waals surface area (Å²) in [5.41, 5.74) is 1.82. The van der Waals surface area contributed by atoms with Gasteiger partial charge in [0.2, 0.25) is 0 Å². The standard InChI is InChI=1S/C13H13ClN2O2S/c1-9-10(3-2-4-12(9)16(17)18)7-15-8-11-5-6-13(14)19-11/h2-6,15H,7-8H2,1H3. The smallest absolute Gasteiger partial charge is 0.272 e. The van der Waals surface area contributed by atoms with E-state index in [1.165, 1.54) is 17.4 Å². The van der Waals surface area contributed by atoms with Gasteiger partial charge in [-0.25, -0.2) is 0 Å². The van der Waals surface area contributed by atoms with Gasteiger partial charge >= 0.3 is 0 Å². The Kier molecular flexibility index (Phi) is 4.52. The zero-order chi connectivity index (χ0) is 13.8. The largest absolute Gasteiger partial charge is 0.308 e. The minimum absolute atomic E-state index is 0.165. The van der Waals surface area contributed by atoms with Gasteiger partial charge in [0, 0.05) is 29.6 Å². The molecule has 6 heteroatoms. The van der Waals surface area contributed by atoms with Crippen LogP contribution in [-0.2, 0) is 13.1 Å². The molecule has 0 spiro atoms. The zero-order valence-corrected chi connectivity index (χ0v) is 11.9. The van der Waals surface area contributed by atoms with Crippen molar-refractivity contribution in [1.29, 1.82) is 0 Å². The molecule has 2 aromatic rings. The van der Waals surface area contributed by atoms with Crippen molar-refractivity contribution in [3.8, 4) is 0 Å². The minimum atomic E-state index is -0.349. The van der Waals surface area contributed by atoms with Crippen LogP contribution in [0.15, 0.2) is 30.3 Å². The van der Waals surface area contributed by atoms with Crippen molar-refractivity contribution in [2.45, 2.75) is 20.0 Å². The van der Waals surface area contributed by atoms with E-state index < -0.39 is 0 Å². The fourth-order valence-corrected chi connectivity index (χ4v) is 2.88. The molecule has 1 aromatic heterocycles. The molecule has 0 bridgehead atoms. The van der Waals surface area contributed by atoms with Crippen LogP contribution in [0.4, 0.5) is 5.69 Å². The fraction of sp³-hybridized carbons (Fsp3) is 0.231. The molecule has 0 saturated heterocycles. The highest BCUT2D eigenvalue weighted by Gasteiger charge is 2.12. The molecule has 1 aromatic carbocycles. The monoisotopic (exact) mass is 296 g/mol. The molecule has 1 N–H and O–H groups in total. The van der Waals surface area contributed by atoms with Gasteiger partial charge in [-0.15, -0.1) is 11.3 Å². The van der Waals surface area contributed by atoms with Gasteiger partial charge in [0.1, 0.15) is 0 Å². The number of hydrogen-bond donors (Lipinski definition) is 1. The minimum Gasteiger partial charge on any atom is -0.308 e. The van der Waals surface area contributed by atoms with Crippen LogP contribution in [-0.4, -0.2) is 4.92 Å². The van der Waals surface area contributed by atoms with Gasteiger partial charge in [-0.2, -0.15) is 0 Å². The van der Waals surface area contributed by atoms with Gasteiger partial charge in [-0.05, 0) is 24.6 Å². The fourth-order valence-electron chi connectivity index (χ4n) is 1.83. The van der Waals surface area contributed by atoms with Crippen molar-refractivity contribution in [2.75, 3.05) is 0 Å². The summed E-state index contributed by atoms with van der Waals surface area (Å²) in [7, 11) is 0. The lowest BCUT2D eigenvalue weighted by Crippen LogP contribution is -2.13. The number of thiophene rings is 1. The average molecular weight is 297 g/mol. The normalized spacial score (nSPS) is 10.6. The molecule has 4 nitrogen and oxygen atoms in total. The van der Waals surface area contributed by atoms with E-state index in [9.17, 15) is 10.1 Å². The van der Waals surface area contributed by atoms with E-state index in [0.29, 0.717) is 18.7 Å². The number of nitrogens with zero attached hydrogens (tertiary/aromatic N) is 1. The quantitative estimate of drug-likeness (QED) is 0.672. The van der Waals surface area contributed by atoms with Crippen molar-refractivity contribution in [3.63, 3.8) is 0 Å². The highest BCUT2D eigenvalue weighted by molar-refractivity contribution is 7.16.